The molecule has 1 unspecified atom stereocenters. The van der Waals surface area contributed by atoms with E-state index in [2.05, 4.69) is 29.4 Å². The monoisotopic (exact) mass is 295 g/mol. The van der Waals surface area contributed by atoms with Gasteiger partial charge >= 0.3 is 51.4 Å². The maximum absolute atomic E-state index is 5.68. The quantitative estimate of drug-likeness (QED) is 0.432. The molecule has 0 bridgehead atoms. The Hall–Kier alpha value is 1.48. The van der Waals surface area contributed by atoms with Crippen molar-refractivity contribution >= 4 is 0 Å². The van der Waals surface area contributed by atoms with Crippen molar-refractivity contribution in [2.24, 2.45) is 0 Å². The number of nitrogens with zero attached hydrogens (tertiary/aromatic N) is 2. The average molecular weight is 296 g/mol. The molecule has 4 nitrogen and oxygen atoms in total. The van der Waals surface area contributed by atoms with Gasteiger partial charge in [0.2, 0.25) is 0 Å². The molecule has 1 aliphatic rings. The molecule has 0 radical (unpaired) electrons. The van der Waals surface area contributed by atoms with Crippen LogP contribution < -0.4 is 56.7 Å². The van der Waals surface area contributed by atoms with Gasteiger partial charge in [0.15, 0.2) is 0 Å². The van der Waals surface area contributed by atoms with Gasteiger partial charge in [0, 0.05) is 19.1 Å². The van der Waals surface area contributed by atoms with Crippen molar-refractivity contribution in [2.45, 2.75) is 45.2 Å². The van der Waals surface area contributed by atoms with Gasteiger partial charge in [-0.2, -0.15) is 7.05 Å². The molecule has 1 rings (SSSR count). The van der Waals surface area contributed by atoms with Crippen LogP contribution >= 0.6 is 0 Å². The average Bonchev–Trinajstić information content (AvgIpc) is 2.35. The van der Waals surface area contributed by atoms with Crippen molar-refractivity contribution in [3.05, 3.63) is 5.32 Å². The van der Waals surface area contributed by atoms with Gasteiger partial charge in [0.1, 0.15) is 0 Å². The second kappa shape index (κ2) is 13.2. The van der Waals surface area contributed by atoms with Crippen molar-refractivity contribution < 1.29 is 56.1 Å². The fourth-order valence-corrected chi connectivity index (χ4v) is 2.48. The second-order valence-electron chi connectivity index (χ2n) is 5.41. The zero-order valence-electron chi connectivity index (χ0n) is 13.3. The van der Waals surface area contributed by atoms with Crippen LogP contribution in [0.15, 0.2) is 0 Å². The maximum atomic E-state index is 5.68. The van der Waals surface area contributed by atoms with Crippen LogP contribution in [0, 0.1) is 0 Å². The van der Waals surface area contributed by atoms with E-state index in [9.17, 15) is 0 Å². The Balaban J connectivity index is 0.00000324. The van der Waals surface area contributed by atoms with Crippen molar-refractivity contribution in [1.29, 1.82) is 0 Å². The molecule has 0 amide bonds. The van der Waals surface area contributed by atoms with Crippen LogP contribution in [0.1, 0.15) is 33.1 Å². The first kappa shape index (κ1) is 20.5. The maximum Gasteiger partial charge on any atom is 1.00 e. The Morgan fingerprint density at radius 3 is 2.79 bits per heavy atom. The number of ether oxygens (including phenoxy) is 1. The largest absolute Gasteiger partial charge is 1.00 e. The predicted octanol–water partition coefficient (Wildman–Crippen LogP) is -1.14. The van der Waals surface area contributed by atoms with E-state index in [0.717, 1.165) is 32.8 Å². The molecule has 108 valence electrons. The van der Waals surface area contributed by atoms with Crippen LogP contribution in [0.5, 0.6) is 0 Å². The summed E-state index contributed by atoms with van der Waals surface area (Å²) in [5.74, 6) is 0. The molecule has 1 N–H and O–H groups in total. The van der Waals surface area contributed by atoms with Crippen LogP contribution in [-0.4, -0.2) is 63.4 Å². The SMILES string of the molecule is C[N-]CC1CCCCN1CCOCCNC(C)C.[K+]. The van der Waals surface area contributed by atoms with Gasteiger partial charge in [-0.15, -0.1) is 6.54 Å². The molecule has 0 aliphatic carbocycles. The van der Waals surface area contributed by atoms with E-state index in [0.29, 0.717) is 12.1 Å². The summed E-state index contributed by atoms with van der Waals surface area (Å²) in [5.41, 5.74) is 0. The van der Waals surface area contributed by atoms with Gasteiger partial charge in [-0.25, -0.2) is 0 Å². The summed E-state index contributed by atoms with van der Waals surface area (Å²) < 4.78 is 5.68. The number of hydrogen-bond donors (Lipinski definition) is 1. The molecule has 1 saturated heterocycles. The molecule has 0 aromatic carbocycles. The number of rotatable bonds is 9. The Kier molecular flexibility index (Phi) is 14.2. The van der Waals surface area contributed by atoms with Gasteiger partial charge in [0.05, 0.1) is 13.2 Å². The molecule has 0 saturated carbocycles. The van der Waals surface area contributed by atoms with Gasteiger partial charge in [-0.1, -0.05) is 20.3 Å². The van der Waals surface area contributed by atoms with Crippen LogP contribution in [0.4, 0.5) is 0 Å². The van der Waals surface area contributed by atoms with E-state index in [1.54, 1.807) is 0 Å². The van der Waals surface area contributed by atoms with Crippen LogP contribution in [-0.2, 0) is 4.74 Å². The van der Waals surface area contributed by atoms with E-state index in [-0.39, 0.29) is 51.4 Å². The molecule has 5 heteroatoms. The van der Waals surface area contributed by atoms with E-state index in [4.69, 9.17) is 4.74 Å². The Labute approximate surface area is 161 Å². The summed E-state index contributed by atoms with van der Waals surface area (Å²) in [5, 5.41) is 7.65. The molecular weight excluding hydrogens is 265 g/mol. The van der Waals surface area contributed by atoms with Crippen molar-refractivity contribution in [3.8, 4) is 0 Å². The Bertz CT molecular complexity index is 203. The number of likely N-dealkylation sites (tertiary alicyclic amines) is 1. The number of piperidine rings is 1. The van der Waals surface area contributed by atoms with Crippen molar-refractivity contribution in [2.75, 3.05) is 46.4 Å². The third-order valence-corrected chi connectivity index (χ3v) is 3.46. The van der Waals surface area contributed by atoms with Gasteiger partial charge in [-0.05, 0) is 25.4 Å². The molecule has 1 fully saturated rings. The predicted molar refractivity (Wildman–Crippen MR) is 77.3 cm³/mol. The number of hydrogen-bond acceptors (Lipinski definition) is 3. The number of likely N-dealkylation sites (N-methyl/N-ethyl adjacent to an activating group) is 1. The topological polar surface area (TPSA) is 38.6 Å². The second-order valence-corrected chi connectivity index (χ2v) is 5.41. The standard InChI is InChI=1S/C14H30N3O.K/c1-13(2)16-7-10-18-11-9-17-8-5-4-6-14(17)12-15-3;/h13-14,16H,4-12H2,1-3H3;/q-1;+1. The third-order valence-electron chi connectivity index (χ3n) is 3.46. The molecule has 1 aliphatic heterocycles. The van der Waals surface area contributed by atoms with E-state index in [1.165, 1.54) is 25.8 Å². The first-order valence-electron chi connectivity index (χ1n) is 7.34. The zero-order chi connectivity index (χ0) is 13.2. The zero-order valence-corrected chi connectivity index (χ0v) is 16.4. The fraction of sp³-hybridized carbons (Fsp3) is 1.00. The first-order valence-corrected chi connectivity index (χ1v) is 7.34. The van der Waals surface area contributed by atoms with E-state index >= 15 is 0 Å². The smallest absolute Gasteiger partial charge is 0.664 e. The number of nitrogens with one attached hydrogen (secondary N) is 1. The fourth-order valence-electron chi connectivity index (χ4n) is 2.48. The molecule has 1 heterocycles. The third kappa shape index (κ3) is 9.93. The molecular formula is C14H30KN3O. The van der Waals surface area contributed by atoms with Crippen molar-refractivity contribution in [1.82, 2.24) is 10.2 Å². The minimum Gasteiger partial charge on any atom is -0.664 e. The summed E-state index contributed by atoms with van der Waals surface area (Å²) >= 11 is 0. The molecule has 19 heavy (non-hydrogen) atoms. The summed E-state index contributed by atoms with van der Waals surface area (Å²) in [6.45, 7) is 10.2. The summed E-state index contributed by atoms with van der Waals surface area (Å²) in [7, 11) is 1.92. The van der Waals surface area contributed by atoms with Crippen molar-refractivity contribution in [3.63, 3.8) is 0 Å². The minimum absolute atomic E-state index is 0. The normalized spacial score (nSPS) is 20.5. The van der Waals surface area contributed by atoms with Crippen LogP contribution in [0.25, 0.3) is 5.32 Å². The summed E-state index contributed by atoms with van der Waals surface area (Å²) in [4.78, 5) is 2.55. The molecule has 0 spiro atoms. The Morgan fingerprint density at radius 1 is 1.32 bits per heavy atom. The molecule has 0 aromatic rings. The van der Waals surface area contributed by atoms with E-state index < -0.39 is 0 Å². The first-order chi connectivity index (χ1) is 8.74. The Morgan fingerprint density at radius 2 is 2.11 bits per heavy atom. The summed E-state index contributed by atoms with van der Waals surface area (Å²) in [6, 6.07) is 1.20. The van der Waals surface area contributed by atoms with Gasteiger partial charge in [-0.3, -0.25) is 4.90 Å². The molecule has 0 aromatic heterocycles. The minimum atomic E-state index is 0. The van der Waals surface area contributed by atoms with Gasteiger partial charge < -0.3 is 15.4 Å². The van der Waals surface area contributed by atoms with Crippen LogP contribution in [0.2, 0.25) is 0 Å². The summed E-state index contributed by atoms with van der Waals surface area (Å²) in [6.07, 6.45) is 3.98. The molecule has 1 atom stereocenters. The van der Waals surface area contributed by atoms with Gasteiger partial charge in [0.25, 0.3) is 0 Å². The van der Waals surface area contributed by atoms with E-state index in [1.807, 2.05) is 7.05 Å². The van der Waals surface area contributed by atoms with Crippen LogP contribution in [0.3, 0.4) is 0 Å².